The maximum atomic E-state index is 11.9. The van der Waals surface area contributed by atoms with Gasteiger partial charge in [-0.1, -0.05) is 6.42 Å². The normalized spacial score (nSPS) is 29.2. The maximum absolute atomic E-state index is 11.9. The molecule has 3 aliphatic rings. The van der Waals surface area contributed by atoms with Crippen molar-refractivity contribution in [2.24, 2.45) is 11.3 Å². The topological polar surface area (TPSA) is 66.3 Å². The van der Waals surface area contributed by atoms with Crippen LogP contribution in [0.4, 0.5) is 5.82 Å². The van der Waals surface area contributed by atoms with Crippen LogP contribution >= 0.6 is 11.3 Å². The van der Waals surface area contributed by atoms with Gasteiger partial charge in [-0.2, -0.15) is 0 Å². The lowest BCUT2D eigenvalue weighted by atomic mass is 9.81. The van der Waals surface area contributed by atoms with Gasteiger partial charge in [-0.05, 0) is 43.6 Å². The van der Waals surface area contributed by atoms with Crippen molar-refractivity contribution in [3.8, 4) is 0 Å². The standard InChI is InChI=1S/C17H19N3O2S/c21-16(22)17-6-2-3-10(17)7-20(8-17)14-13-11-4-1-5-12(11)23-15(13)19-9-18-14/h9-10H,1-8H2,(H,21,22)/t10-,17+/m0/s1. The summed E-state index contributed by atoms with van der Waals surface area (Å²) in [5, 5.41) is 11.0. The predicted octanol–water partition coefficient (Wildman–Crippen LogP) is 2.87. The molecule has 0 radical (unpaired) electrons. The van der Waals surface area contributed by atoms with Crippen LogP contribution in [0.15, 0.2) is 6.33 Å². The van der Waals surface area contributed by atoms with Gasteiger partial charge in [0.2, 0.25) is 0 Å². The van der Waals surface area contributed by atoms with Crippen molar-refractivity contribution >= 4 is 33.3 Å². The van der Waals surface area contributed by atoms with Crippen molar-refractivity contribution in [2.75, 3.05) is 18.0 Å². The Balaban J connectivity index is 1.61. The van der Waals surface area contributed by atoms with E-state index in [2.05, 4.69) is 14.9 Å². The van der Waals surface area contributed by atoms with Gasteiger partial charge in [-0.25, -0.2) is 9.97 Å². The number of carbonyl (C=O) groups is 1. The molecule has 2 aromatic heterocycles. The molecule has 0 amide bonds. The fourth-order valence-electron chi connectivity index (χ4n) is 4.95. The zero-order valence-corrected chi connectivity index (χ0v) is 13.7. The monoisotopic (exact) mass is 329 g/mol. The van der Waals surface area contributed by atoms with Crippen LogP contribution in [0.3, 0.4) is 0 Å². The van der Waals surface area contributed by atoms with Crippen LogP contribution in [0, 0.1) is 11.3 Å². The van der Waals surface area contributed by atoms with Gasteiger partial charge in [0.05, 0.1) is 10.8 Å². The minimum atomic E-state index is -0.622. The van der Waals surface area contributed by atoms with E-state index in [1.807, 2.05) is 0 Å². The number of aromatic nitrogens is 2. The highest BCUT2D eigenvalue weighted by molar-refractivity contribution is 7.19. The number of thiophene rings is 1. The number of hydrogen-bond donors (Lipinski definition) is 1. The number of carboxylic acid groups (broad SMARTS) is 1. The average molecular weight is 329 g/mol. The summed E-state index contributed by atoms with van der Waals surface area (Å²) < 4.78 is 0. The molecule has 1 saturated carbocycles. The zero-order valence-electron chi connectivity index (χ0n) is 12.9. The number of rotatable bonds is 2. The molecule has 5 rings (SSSR count). The van der Waals surface area contributed by atoms with Crippen LogP contribution in [0.1, 0.15) is 36.1 Å². The molecule has 1 aliphatic heterocycles. The molecule has 0 aromatic carbocycles. The molecular weight excluding hydrogens is 310 g/mol. The summed E-state index contributed by atoms with van der Waals surface area (Å²) in [7, 11) is 0. The molecule has 120 valence electrons. The molecule has 2 atom stereocenters. The average Bonchev–Trinajstić information content (AvgIpc) is 3.24. The number of anilines is 1. The second kappa shape index (κ2) is 4.66. The molecule has 2 aromatic rings. The summed E-state index contributed by atoms with van der Waals surface area (Å²) in [6, 6.07) is 0. The van der Waals surface area contributed by atoms with Gasteiger partial charge in [0.1, 0.15) is 17.0 Å². The molecule has 0 bridgehead atoms. The predicted molar refractivity (Wildman–Crippen MR) is 89.1 cm³/mol. The molecule has 2 aliphatic carbocycles. The van der Waals surface area contributed by atoms with Crippen LogP contribution in [-0.2, 0) is 17.6 Å². The molecule has 23 heavy (non-hydrogen) atoms. The summed E-state index contributed by atoms with van der Waals surface area (Å²) in [5.74, 6) is 0.615. The molecule has 0 spiro atoms. The third-order valence-electron chi connectivity index (χ3n) is 6.08. The van der Waals surface area contributed by atoms with Crippen LogP contribution < -0.4 is 4.90 Å². The SMILES string of the molecule is O=C(O)[C@@]12CCC[C@H]1CN(c1ncnc3sc4c(c13)CCC4)C2. The van der Waals surface area contributed by atoms with Crippen LogP contribution in [0.5, 0.6) is 0 Å². The maximum Gasteiger partial charge on any atom is 0.311 e. The Kier molecular flexibility index (Phi) is 2.78. The molecule has 5 nitrogen and oxygen atoms in total. The first kappa shape index (κ1) is 13.7. The lowest BCUT2D eigenvalue weighted by molar-refractivity contribution is -0.149. The van der Waals surface area contributed by atoms with Crippen molar-refractivity contribution in [2.45, 2.75) is 38.5 Å². The first-order valence-corrected chi connectivity index (χ1v) is 9.24. The van der Waals surface area contributed by atoms with Gasteiger partial charge >= 0.3 is 5.97 Å². The summed E-state index contributed by atoms with van der Waals surface area (Å²) >= 11 is 1.79. The number of aliphatic carboxylic acids is 1. The van der Waals surface area contributed by atoms with Gasteiger partial charge < -0.3 is 10.0 Å². The van der Waals surface area contributed by atoms with E-state index < -0.39 is 11.4 Å². The van der Waals surface area contributed by atoms with Crippen molar-refractivity contribution < 1.29 is 9.90 Å². The Hall–Kier alpha value is -1.69. The Bertz CT molecular complexity index is 818. The van der Waals surface area contributed by atoms with Crippen LogP contribution in [-0.4, -0.2) is 34.1 Å². The molecule has 0 unspecified atom stereocenters. The van der Waals surface area contributed by atoms with Gasteiger partial charge in [0, 0.05) is 18.0 Å². The highest BCUT2D eigenvalue weighted by atomic mass is 32.1. The summed E-state index contributed by atoms with van der Waals surface area (Å²) in [4.78, 5) is 25.7. The Morgan fingerprint density at radius 2 is 2.26 bits per heavy atom. The number of fused-ring (bicyclic) bond motifs is 4. The zero-order chi connectivity index (χ0) is 15.6. The van der Waals surface area contributed by atoms with E-state index in [1.54, 1.807) is 17.7 Å². The summed E-state index contributed by atoms with van der Waals surface area (Å²) in [6.45, 7) is 1.42. The molecule has 6 heteroatoms. The van der Waals surface area contributed by atoms with Gasteiger partial charge in [-0.15, -0.1) is 11.3 Å². The second-order valence-electron chi connectivity index (χ2n) is 7.17. The van der Waals surface area contributed by atoms with E-state index in [4.69, 9.17) is 0 Å². The highest BCUT2D eigenvalue weighted by Crippen LogP contribution is 2.51. The second-order valence-corrected chi connectivity index (χ2v) is 8.25. The minimum absolute atomic E-state index is 0.261. The van der Waals surface area contributed by atoms with Crippen molar-refractivity contribution in [3.05, 3.63) is 16.8 Å². The smallest absolute Gasteiger partial charge is 0.311 e. The fraction of sp³-hybridized carbons (Fsp3) is 0.588. The van der Waals surface area contributed by atoms with Gasteiger partial charge in [0.15, 0.2) is 0 Å². The van der Waals surface area contributed by atoms with E-state index in [0.717, 1.165) is 49.3 Å². The van der Waals surface area contributed by atoms with Crippen LogP contribution in [0.2, 0.25) is 0 Å². The van der Waals surface area contributed by atoms with Gasteiger partial charge in [0.25, 0.3) is 0 Å². The molecule has 1 N–H and O–H groups in total. The fourth-order valence-corrected chi connectivity index (χ4v) is 6.18. The molecular formula is C17H19N3O2S. The molecule has 1 saturated heterocycles. The van der Waals surface area contributed by atoms with Crippen LogP contribution in [0.25, 0.3) is 10.2 Å². The number of carboxylic acids is 1. The highest BCUT2D eigenvalue weighted by Gasteiger charge is 2.55. The van der Waals surface area contributed by atoms with E-state index in [-0.39, 0.29) is 5.92 Å². The lowest BCUT2D eigenvalue weighted by Crippen LogP contribution is -2.35. The summed E-state index contributed by atoms with van der Waals surface area (Å²) in [5.41, 5.74) is 0.859. The number of nitrogens with zero attached hydrogens (tertiary/aromatic N) is 3. The molecule has 3 heterocycles. The summed E-state index contributed by atoms with van der Waals surface area (Å²) in [6.07, 6.45) is 7.99. The van der Waals surface area contributed by atoms with E-state index in [9.17, 15) is 9.90 Å². The van der Waals surface area contributed by atoms with E-state index in [0.29, 0.717) is 6.54 Å². The number of hydrogen-bond acceptors (Lipinski definition) is 5. The Morgan fingerprint density at radius 1 is 1.35 bits per heavy atom. The third-order valence-corrected chi connectivity index (χ3v) is 7.28. The van der Waals surface area contributed by atoms with E-state index in [1.165, 1.54) is 22.2 Å². The molecule has 2 fully saturated rings. The Labute approximate surface area is 138 Å². The largest absolute Gasteiger partial charge is 0.481 e. The van der Waals surface area contributed by atoms with Gasteiger partial charge in [-0.3, -0.25) is 4.79 Å². The Morgan fingerprint density at radius 3 is 3.09 bits per heavy atom. The van der Waals surface area contributed by atoms with Crippen molar-refractivity contribution in [1.82, 2.24) is 9.97 Å². The third kappa shape index (κ3) is 1.75. The first-order chi connectivity index (χ1) is 11.2. The number of aryl methyl sites for hydroxylation is 2. The minimum Gasteiger partial charge on any atom is -0.481 e. The quantitative estimate of drug-likeness (QED) is 0.918. The lowest BCUT2D eigenvalue weighted by Gasteiger charge is -2.24. The first-order valence-electron chi connectivity index (χ1n) is 8.43. The van der Waals surface area contributed by atoms with Crippen molar-refractivity contribution in [3.63, 3.8) is 0 Å². The van der Waals surface area contributed by atoms with E-state index >= 15 is 0 Å². The van der Waals surface area contributed by atoms with Crippen molar-refractivity contribution in [1.29, 1.82) is 0 Å².